The van der Waals surface area contributed by atoms with Crippen LogP contribution in [0, 0.1) is 13.8 Å². The summed E-state index contributed by atoms with van der Waals surface area (Å²) < 4.78 is 0. The van der Waals surface area contributed by atoms with Crippen molar-refractivity contribution in [3.63, 3.8) is 0 Å². The van der Waals surface area contributed by atoms with E-state index < -0.39 is 0 Å². The topological polar surface area (TPSA) is 32.3 Å². The third-order valence-electron chi connectivity index (χ3n) is 4.24. The van der Waals surface area contributed by atoms with Crippen LogP contribution < -0.4 is 5.32 Å². The zero-order chi connectivity index (χ0) is 16.4. The zero-order valence-corrected chi connectivity index (χ0v) is 14.2. The second-order valence-electron chi connectivity index (χ2n) is 6.21. The normalized spacial score (nSPS) is 17.3. The minimum absolute atomic E-state index is 0.0348. The fourth-order valence-corrected chi connectivity index (χ4v) is 3.41. The molecule has 23 heavy (non-hydrogen) atoms. The van der Waals surface area contributed by atoms with E-state index in [2.05, 4.69) is 11.4 Å². The van der Waals surface area contributed by atoms with E-state index in [1.54, 1.807) is 0 Å². The Morgan fingerprint density at radius 2 is 1.78 bits per heavy atom. The molecule has 0 bridgehead atoms. The highest BCUT2D eigenvalue weighted by molar-refractivity contribution is 6.30. The molecule has 1 heterocycles. The van der Waals surface area contributed by atoms with Crippen LogP contribution in [0.25, 0.3) is 0 Å². The maximum atomic E-state index is 12.7. The van der Waals surface area contributed by atoms with Crippen LogP contribution in [-0.4, -0.2) is 17.5 Å². The molecule has 0 saturated carbocycles. The Balaban J connectivity index is 1.76. The van der Waals surface area contributed by atoms with E-state index in [1.807, 2.05) is 55.1 Å². The molecule has 2 aromatic carbocycles. The predicted molar refractivity (Wildman–Crippen MR) is 95.1 cm³/mol. The molecular formula is C19H21ClN2O. The molecule has 0 radical (unpaired) electrons. The molecule has 120 valence electrons. The monoisotopic (exact) mass is 328 g/mol. The summed E-state index contributed by atoms with van der Waals surface area (Å²) in [6.45, 7) is 4.86. The van der Waals surface area contributed by atoms with E-state index in [-0.39, 0.29) is 12.1 Å². The van der Waals surface area contributed by atoms with Gasteiger partial charge in [0.05, 0.1) is 6.04 Å². The van der Waals surface area contributed by atoms with Crippen molar-refractivity contribution in [2.24, 2.45) is 0 Å². The van der Waals surface area contributed by atoms with Gasteiger partial charge in [-0.25, -0.2) is 4.79 Å². The summed E-state index contributed by atoms with van der Waals surface area (Å²) in [6, 6.07) is 14.0. The van der Waals surface area contributed by atoms with E-state index >= 15 is 0 Å². The van der Waals surface area contributed by atoms with Crippen molar-refractivity contribution in [1.82, 2.24) is 4.90 Å². The number of likely N-dealkylation sites (tertiary alicyclic amines) is 1. The Labute approximate surface area is 142 Å². The standard InChI is InChI=1S/C19H21ClN2O/c1-13-10-14(2)12-17(11-13)21-19(23)22-9-3-4-18(22)15-5-7-16(20)8-6-15/h5-8,10-12,18H,3-4,9H2,1-2H3,(H,21,23)/t18-/m0/s1. The smallest absolute Gasteiger partial charge is 0.317 e. The first-order valence-electron chi connectivity index (χ1n) is 7.94. The number of carbonyl (C=O) groups excluding carboxylic acids is 1. The minimum atomic E-state index is -0.0348. The molecule has 3 nitrogen and oxygen atoms in total. The quantitative estimate of drug-likeness (QED) is 0.794. The summed E-state index contributed by atoms with van der Waals surface area (Å²) in [6.07, 6.45) is 2.01. The first kappa shape index (κ1) is 15.9. The number of amides is 2. The Bertz CT molecular complexity index is 692. The number of hydrogen-bond acceptors (Lipinski definition) is 1. The van der Waals surface area contributed by atoms with Crippen LogP contribution in [0.15, 0.2) is 42.5 Å². The molecule has 2 aromatic rings. The van der Waals surface area contributed by atoms with E-state index in [0.29, 0.717) is 0 Å². The fraction of sp³-hybridized carbons (Fsp3) is 0.316. The van der Waals surface area contributed by atoms with Crippen LogP contribution >= 0.6 is 11.6 Å². The van der Waals surface area contributed by atoms with Gasteiger partial charge in [-0.1, -0.05) is 29.8 Å². The van der Waals surface area contributed by atoms with Gasteiger partial charge in [0.1, 0.15) is 0 Å². The van der Waals surface area contributed by atoms with Gasteiger partial charge in [-0.15, -0.1) is 0 Å². The molecule has 3 rings (SSSR count). The molecule has 4 heteroatoms. The third kappa shape index (κ3) is 3.67. The number of nitrogens with zero attached hydrogens (tertiary/aromatic N) is 1. The number of hydrogen-bond donors (Lipinski definition) is 1. The number of anilines is 1. The number of rotatable bonds is 2. The lowest BCUT2D eigenvalue weighted by molar-refractivity contribution is 0.207. The first-order chi connectivity index (χ1) is 11.0. The van der Waals surface area contributed by atoms with Crippen LogP contribution in [-0.2, 0) is 0 Å². The molecule has 1 fully saturated rings. The van der Waals surface area contributed by atoms with E-state index in [1.165, 1.54) is 0 Å². The van der Waals surface area contributed by atoms with Crippen molar-refractivity contribution >= 4 is 23.3 Å². The zero-order valence-electron chi connectivity index (χ0n) is 13.5. The first-order valence-corrected chi connectivity index (χ1v) is 8.32. The van der Waals surface area contributed by atoms with Gasteiger partial charge in [0.25, 0.3) is 0 Å². The van der Waals surface area contributed by atoms with Crippen molar-refractivity contribution in [2.45, 2.75) is 32.7 Å². The number of carbonyl (C=O) groups is 1. The average Bonchev–Trinajstić information content (AvgIpc) is 2.96. The van der Waals surface area contributed by atoms with E-state index in [0.717, 1.165) is 46.8 Å². The molecular weight excluding hydrogens is 308 g/mol. The highest BCUT2D eigenvalue weighted by atomic mass is 35.5. The molecule has 1 aliphatic rings. The van der Waals surface area contributed by atoms with Gasteiger partial charge in [0, 0.05) is 17.3 Å². The van der Waals surface area contributed by atoms with Crippen molar-refractivity contribution in [3.05, 3.63) is 64.2 Å². The summed E-state index contributed by atoms with van der Waals surface area (Å²) in [7, 11) is 0. The number of aryl methyl sites for hydroxylation is 2. The molecule has 2 amide bonds. The molecule has 0 aliphatic carbocycles. The van der Waals surface area contributed by atoms with E-state index in [4.69, 9.17) is 11.6 Å². The Morgan fingerprint density at radius 1 is 1.13 bits per heavy atom. The lowest BCUT2D eigenvalue weighted by Crippen LogP contribution is -2.34. The lowest BCUT2D eigenvalue weighted by Gasteiger charge is -2.25. The summed E-state index contributed by atoms with van der Waals surface area (Å²) in [5, 5.41) is 3.76. The summed E-state index contributed by atoms with van der Waals surface area (Å²) in [4.78, 5) is 14.6. The Kier molecular flexibility index (Phi) is 4.58. The van der Waals surface area contributed by atoms with Crippen LogP contribution in [0.3, 0.4) is 0 Å². The number of urea groups is 1. The van der Waals surface area contributed by atoms with Crippen molar-refractivity contribution in [1.29, 1.82) is 0 Å². The fourth-order valence-electron chi connectivity index (χ4n) is 3.28. The molecule has 1 aliphatic heterocycles. The third-order valence-corrected chi connectivity index (χ3v) is 4.49. The largest absolute Gasteiger partial charge is 0.322 e. The van der Waals surface area contributed by atoms with Crippen LogP contribution in [0.4, 0.5) is 10.5 Å². The molecule has 1 saturated heterocycles. The number of benzene rings is 2. The molecule has 0 aromatic heterocycles. The Morgan fingerprint density at radius 3 is 2.43 bits per heavy atom. The van der Waals surface area contributed by atoms with Crippen LogP contribution in [0.2, 0.25) is 5.02 Å². The maximum Gasteiger partial charge on any atom is 0.322 e. The van der Waals surface area contributed by atoms with Crippen LogP contribution in [0.5, 0.6) is 0 Å². The van der Waals surface area contributed by atoms with Gasteiger partial charge < -0.3 is 10.2 Å². The highest BCUT2D eigenvalue weighted by Gasteiger charge is 2.29. The average molecular weight is 329 g/mol. The van der Waals surface area contributed by atoms with Crippen molar-refractivity contribution < 1.29 is 4.79 Å². The number of nitrogens with one attached hydrogen (secondary N) is 1. The molecule has 1 atom stereocenters. The molecule has 0 unspecified atom stereocenters. The summed E-state index contributed by atoms with van der Waals surface area (Å²) >= 11 is 5.96. The van der Waals surface area contributed by atoms with Gasteiger partial charge in [0.15, 0.2) is 0 Å². The lowest BCUT2D eigenvalue weighted by atomic mass is 10.1. The molecule has 1 N–H and O–H groups in total. The predicted octanol–water partition coefficient (Wildman–Crippen LogP) is 5.33. The number of halogens is 1. The van der Waals surface area contributed by atoms with Gasteiger partial charge in [-0.2, -0.15) is 0 Å². The Hall–Kier alpha value is -2.00. The highest BCUT2D eigenvalue weighted by Crippen LogP contribution is 2.33. The second kappa shape index (κ2) is 6.63. The maximum absolute atomic E-state index is 12.7. The minimum Gasteiger partial charge on any atom is -0.317 e. The molecule has 0 spiro atoms. The van der Waals surface area contributed by atoms with E-state index in [9.17, 15) is 4.79 Å². The van der Waals surface area contributed by atoms with Gasteiger partial charge >= 0.3 is 6.03 Å². The summed E-state index contributed by atoms with van der Waals surface area (Å²) in [5.74, 6) is 0. The van der Waals surface area contributed by atoms with Crippen LogP contribution in [0.1, 0.15) is 35.6 Å². The summed E-state index contributed by atoms with van der Waals surface area (Å²) in [5.41, 5.74) is 4.30. The van der Waals surface area contributed by atoms with Gasteiger partial charge in [-0.05, 0) is 67.6 Å². The van der Waals surface area contributed by atoms with Gasteiger partial charge in [0.2, 0.25) is 0 Å². The second-order valence-corrected chi connectivity index (χ2v) is 6.65. The van der Waals surface area contributed by atoms with Crippen molar-refractivity contribution in [2.75, 3.05) is 11.9 Å². The van der Waals surface area contributed by atoms with Gasteiger partial charge in [-0.3, -0.25) is 0 Å². The van der Waals surface area contributed by atoms with Crippen molar-refractivity contribution in [3.8, 4) is 0 Å². The SMILES string of the molecule is Cc1cc(C)cc(NC(=O)N2CCC[C@H]2c2ccc(Cl)cc2)c1.